The molecule has 4 atom stereocenters. The van der Waals surface area contributed by atoms with E-state index in [1.807, 2.05) is 118 Å². The van der Waals surface area contributed by atoms with Crippen LogP contribution in [0, 0.1) is 13.8 Å². The van der Waals surface area contributed by atoms with Gasteiger partial charge < -0.3 is 33.8 Å². The predicted octanol–water partition coefficient (Wildman–Crippen LogP) is 10.6. The highest BCUT2D eigenvalue weighted by Crippen LogP contribution is 2.46. The number of nitrogens with zero attached hydrogens (tertiary/aromatic N) is 25. The standard InChI is InChI=1S/2C21H21N7O2.C20H19N7O2.C19H20N8O/c1-13-9-14(10-19(24-13)30-2)16-3-4-17-20(25-16)28(15-5-8-27(17)12-15)21(29)26-18-11-22-6-7-23-18;1-2-30-19-11-14(5-7-24-19)16-3-4-17-20(25-16)28(15-6-10-27(17)13-15)21(29)26-18-12-22-8-9-23-18;1-29-18-10-13(4-6-23-18)15-2-3-16-19(24-15)27(14-5-9-26(16)12-14)20(28)25-17-11-21-7-8-22-17;1-12-9-13(5-7-20-12)15-3-4-16-17(22-15)27(14-6-8-26(16)10-14)19(28)23-18-21-11-25(2)24-18/h3-4,6-7,9-11,15H,5,8,12H2,1-2H3,(H,23,26,29);3-5,7-9,11-12,15H,2,6,10,13H2,1H3,(H,23,26,29);2-4,6-8,10-11,14H,5,9,12H2,1H3,(H,22,25,28);3-5,7,9,11,14H,6,8,10H2,1-2H3,(H,23,24,28)/t2*15-;2*14-/m0000/s1. The van der Waals surface area contributed by atoms with Crippen LogP contribution >= 0.6 is 0 Å². The van der Waals surface area contributed by atoms with Crippen molar-refractivity contribution in [1.82, 2.24) is 84.5 Å². The minimum absolute atomic E-state index is 0.0608. The number of hydrogen-bond donors (Lipinski definition) is 4. The Bertz CT molecular complexity index is 5680. The molecule has 0 spiro atoms. The highest BCUT2D eigenvalue weighted by atomic mass is 16.5. The van der Waals surface area contributed by atoms with E-state index < -0.39 is 0 Å². The molecule has 36 heteroatoms. The van der Waals surface area contributed by atoms with Crippen molar-refractivity contribution in [2.75, 3.05) is 134 Å². The van der Waals surface area contributed by atoms with Gasteiger partial charge in [0, 0.05) is 167 Å². The number of carbonyl (C=O) groups excluding carboxylic acids is 4. The Morgan fingerprint density at radius 3 is 1.14 bits per heavy atom. The fourth-order valence-corrected chi connectivity index (χ4v) is 15.8. The molecule has 12 aromatic heterocycles. The molecular formula is C81H81N29O7. The number of nitrogens with one attached hydrogen (secondary N) is 4. The lowest BCUT2D eigenvalue weighted by Gasteiger charge is -2.35. The van der Waals surface area contributed by atoms with Crippen LogP contribution in [0.2, 0.25) is 0 Å². The molecule has 20 rings (SSSR count). The van der Waals surface area contributed by atoms with Crippen LogP contribution in [-0.2, 0) is 7.05 Å². The molecule has 0 radical (unpaired) electrons. The molecule has 36 nitrogen and oxygen atoms in total. The Kier molecular flexibility index (Phi) is 21.0. The first-order valence-corrected chi connectivity index (χ1v) is 38.3. The second kappa shape index (κ2) is 32.8. The Labute approximate surface area is 671 Å². The normalized spacial score (nSPS) is 17.1. The Balaban J connectivity index is 0.000000112. The average Bonchev–Trinajstić information content (AvgIpc) is 1.69. The molecular weight excluding hydrogens is 1490 g/mol. The van der Waals surface area contributed by atoms with Gasteiger partial charge in [0.1, 0.15) is 6.33 Å². The molecule has 4 N–H and O–H groups in total. The first kappa shape index (κ1) is 75.0. The lowest BCUT2D eigenvalue weighted by atomic mass is 10.1. The molecule has 8 aliphatic rings. The molecule has 0 aliphatic carbocycles. The fourth-order valence-electron chi connectivity index (χ4n) is 15.8. The first-order chi connectivity index (χ1) is 57.1. The van der Waals surface area contributed by atoms with Crippen molar-refractivity contribution in [2.45, 2.75) is 70.6 Å². The molecule has 4 saturated heterocycles. The van der Waals surface area contributed by atoms with Gasteiger partial charge in [-0.05, 0) is 125 Å². The van der Waals surface area contributed by atoms with Crippen molar-refractivity contribution in [1.29, 1.82) is 0 Å². The summed E-state index contributed by atoms with van der Waals surface area (Å²) in [6.45, 7) is 13.1. The maximum Gasteiger partial charge on any atom is 0.330 e. The SMILES string of the molecule is CCOc1cc(-c2ccc3c(n2)N(C(=O)Nc2cnccn2)[C@H]2CCN3C2)ccn1.COc1cc(-c2ccc3c(n2)N(C(=O)Nc2cnccn2)[C@H]2CCN3C2)cc(C)n1.COc1cc(-c2ccc3c(n2)N(C(=O)Nc2cnccn2)[C@H]2CCN3C2)ccn1.Cc1cc(-c2ccc3c(n2)N(C(=O)Nc2ncn(C)n2)[C@H]2CCN3C2)ccn1. The third kappa shape index (κ3) is 15.8. The number of aromatic nitrogens is 17. The number of hydrogen-bond acceptors (Lipinski definition) is 27. The van der Waals surface area contributed by atoms with E-state index in [9.17, 15) is 19.2 Å². The summed E-state index contributed by atoms with van der Waals surface area (Å²) in [7, 11) is 4.93. The number of methoxy groups -OCH3 is 2. The molecule has 12 aromatic rings. The molecule has 20 heterocycles. The summed E-state index contributed by atoms with van der Waals surface area (Å²) >= 11 is 0. The van der Waals surface area contributed by atoms with Crippen LogP contribution in [0.15, 0.2) is 178 Å². The minimum atomic E-state index is -0.255. The lowest BCUT2D eigenvalue weighted by Crippen LogP contribution is -2.48. The molecule has 0 aromatic carbocycles. The second-order valence-electron chi connectivity index (χ2n) is 28.6. The van der Waals surface area contributed by atoms with Crippen LogP contribution in [0.1, 0.15) is 44.0 Å². The van der Waals surface area contributed by atoms with E-state index in [0.29, 0.717) is 65.0 Å². The van der Waals surface area contributed by atoms with Crippen molar-refractivity contribution < 1.29 is 33.4 Å². The molecule has 8 aliphatic heterocycles. The van der Waals surface area contributed by atoms with Crippen LogP contribution in [0.3, 0.4) is 0 Å². The predicted molar refractivity (Wildman–Crippen MR) is 439 cm³/mol. The average molecular weight is 1570 g/mol. The van der Waals surface area contributed by atoms with Gasteiger partial charge in [0.15, 0.2) is 40.7 Å². The van der Waals surface area contributed by atoms with Gasteiger partial charge in [-0.2, -0.15) is 0 Å². The van der Waals surface area contributed by atoms with E-state index in [1.165, 1.54) is 18.6 Å². The Morgan fingerprint density at radius 2 is 0.761 bits per heavy atom. The van der Waals surface area contributed by atoms with Crippen molar-refractivity contribution in [2.24, 2.45) is 7.05 Å². The van der Waals surface area contributed by atoms with Crippen LogP contribution < -0.4 is 74.7 Å². The summed E-state index contributed by atoms with van der Waals surface area (Å²) in [5.41, 5.74) is 12.4. The highest BCUT2D eigenvalue weighted by molar-refractivity contribution is 6.07. The van der Waals surface area contributed by atoms with Crippen molar-refractivity contribution in [3.8, 4) is 62.7 Å². The number of amides is 8. The molecule has 0 saturated carbocycles. The van der Waals surface area contributed by atoms with Gasteiger partial charge in [-0.3, -0.25) is 65.5 Å². The fraction of sp³-hybridized carbons (Fsp3) is 0.284. The molecule has 4 fully saturated rings. The summed E-state index contributed by atoms with van der Waals surface area (Å²) in [5, 5.41) is 15.5. The Morgan fingerprint density at radius 1 is 0.393 bits per heavy atom. The second-order valence-corrected chi connectivity index (χ2v) is 28.6. The zero-order chi connectivity index (χ0) is 80.2. The zero-order valence-corrected chi connectivity index (χ0v) is 64.8. The van der Waals surface area contributed by atoms with E-state index in [2.05, 4.69) is 101 Å². The summed E-state index contributed by atoms with van der Waals surface area (Å²) < 4.78 is 17.6. The van der Waals surface area contributed by atoms with Gasteiger partial charge in [0.25, 0.3) is 0 Å². The number of pyridine rings is 8. The maximum absolute atomic E-state index is 13.2. The van der Waals surface area contributed by atoms with Gasteiger partial charge in [-0.15, -0.1) is 5.10 Å². The van der Waals surface area contributed by atoms with E-state index in [-0.39, 0.29) is 54.2 Å². The molecule has 0 unspecified atom stereocenters. The van der Waals surface area contributed by atoms with Crippen LogP contribution in [-0.4, -0.2) is 206 Å². The number of carbonyl (C=O) groups is 4. The highest BCUT2D eigenvalue weighted by Gasteiger charge is 2.45. The van der Waals surface area contributed by atoms with Gasteiger partial charge >= 0.3 is 24.1 Å². The summed E-state index contributed by atoms with van der Waals surface area (Å²) in [6.07, 6.45) is 24.2. The van der Waals surface area contributed by atoms with Gasteiger partial charge in [-0.1, -0.05) is 0 Å². The van der Waals surface area contributed by atoms with Gasteiger partial charge in [-0.25, -0.2) is 74.0 Å². The van der Waals surface area contributed by atoms with Crippen LogP contribution in [0.25, 0.3) is 45.0 Å². The van der Waals surface area contributed by atoms with Gasteiger partial charge in [0.2, 0.25) is 23.6 Å². The maximum atomic E-state index is 13.2. The number of rotatable bonds is 12. The largest absolute Gasteiger partial charge is 0.481 e. The third-order valence-corrected chi connectivity index (χ3v) is 21.1. The first-order valence-electron chi connectivity index (χ1n) is 38.3. The van der Waals surface area contributed by atoms with E-state index >= 15 is 0 Å². The zero-order valence-electron chi connectivity index (χ0n) is 64.8. The van der Waals surface area contributed by atoms with E-state index in [1.54, 1.807) is 108 Å². The number of ether oxygens (including phenoxy) is 3. The van der Waals surface area contributed by atoms with Crippen LogP contribution in [0.4, 0.5) is 88.6 Å². The topological polar surface area (TPSA) is 381 Å². The number of anilines is 12. The molecule has 592 valence electrons. The van der Waals surface area contributed by atoms with Crippen LogP contribution in [0.5, 0.6) is 17.6 Å². The molecule has 8 amide bonds. The number of urea groups is 4. The van der Waals surface area contributed by atoms with Gasteiger partial charge in [0.05, 0.1) is 109 Å². The number of fused-ring (bicyclic) bond motifs is 16. The Hall–Kier alpha value is -14.7. The lowest BCUT2D eigenvalue weighted by molar-refractivity contribution is 0.254. The quantitative estimate of drug-likeness (QED) is 0.0882. The third-order valence-electron chi connectivity index (χ3n) is 21.1. The van der Waals surface area contributed by atoms with E-state index in [4.69, 9.17) is 34.1 Å². The molecule has 117 heavy (non-hydrogen) atoms. The smallest absolute Gasteiger partial charge is 0.330 e. The van der Waals surface area contributed by atoms with Crippen molar-refractivity contribution >= 4 is 93.5 Å². The van der Waals surface area contributed by atoms with Crippen molar-refractivity contribution in [3.63, 3.8) is 0 Å². The number of aryl methyl sites for hydroxylation is 3. The van der Waals surface area contributed by atoms with E-state index in [0.717, 1.165) is 157 Å². The monoisotopic (exact) mass is 1570 g/mol. The summed E-state index contributed by atoms with van der Waals surface area (Å²) in [5.74, 6) is 5.75. The van der Waals surface area contributed by atoms with Crippen molar-refractivity contribution in [3.05, 3.63) is 189 Å². The summed E-state index contributed by atoms with van der Waals surface area (Å²) in [6, 6.07) is 30.5. The minimum Gasteiger partial charge on any atom is -0.481 e. The molecule has 8 bridgehead atoms. The summed E-state index contributed by atoms with van der Waals surface area (Å²) in [4.78, 5) is 134.